The Kier molecular flexibility index (Phi) is 5.59. The first-order valence-electron chi connectivity index (χ1n) is 7.59. The molecular weight excluding hydrogens is 276 g/mol. The van der Waals surface area contributed by atoms with Crippen molar-refractivity contribution < 1.29 is 14.6 Å². The molecule has 0 heterocycles. The van der Waals surface area contributed by atoms with Gasteiger partial charge in [-0.25, -0.2) is 0 Å². The molecule has 2 aromatic carbocycles. The van der Waals surface area contributed by atoms with Crippen LogP contribution in [0.5, 0.6) is 5.75 Å². The zero-order valence-corrected chi connectivity index (χ0v) is 13.1. The summed E-state index contributed by atoms with van der Waals surface area (Å²) < 4.78 is 5.36. The van der Waals surface area contributed by atoms with Crippen LogP contribution in [0, 0.1) is 0 Å². The molecule has 0 radical (unpaired) electrons. The third-order valence-electron chi connectivity index (χ3n) is 3.94. The second-order valence-corrected chi connectivity index (χ2v) is 5.34. The van der Waals surface area contributed by atoms with E-state index in [9.17, 15) is 9.90 Å². The Balaban J connectivity index is 2.25. The molecule has 1 N–H and O–H groups in total. The van der Waals surface area contributed by atoms with Gasteiger partial charge in [-0.3, -0.25) is 4.79 Å². The second-order valence-electron chi connectivity index (χ2n) is 5.34. The highest BCUT2D eigenvalue weighted by Crippen LogP contribution is 2.31. The Morgan fingerprint density at radius 1 is 1.14 bits per heavy atom. The number of hydrogen-bond acceptors (Lipinski definition) is 2. The molecule has 0 bridgehead atoms. The number of aryl methyl sites for hydroxylation is 2. The number of carboxylic acids is 1. The van der Waals surface area contributed by atoms with E-state index in [1.165, 1.54) is 0 Å². The Morgan fingerprint density at radius 2 is 1.86 bits per heavy atom. The van der Waals surface area contributed by atoms with Crippen LogP contribution in [0.2, 0.25) is 0 Å². The van der Waals surface area contributed by atoms with Crippen LogP contribution in [0.3, 0.4) is 0 Å². The average Bonchev–Trinajstić information content (AvgIpc) is 2.55. The second kappa shape index (κ2) is 7.64. The van der Waals surface area contributed by atoms with Crippen molar-refractivity contribution in [3.8, 4) is 5.75 Å². The maximum Gasteiger partial charge on any atom is 0.311 e. The predicted octanol–water partition coefficient (Wildman–Crippen LogP) is 4.06. The molecule has 0 saturated heterocycles. The van der Waals surface area contributed by atoms with Crippen LogP contribution in [0.1, 0.15) is 36.0 Å². The highest BCUT2D eigenvalue weighted by Gasteiger charge is 2.23. The van der Waals surface area contributed by atoms with Gasteiger partial charge >= 0.3 is 5.97 Å². The van der Waals surface area contributed by atoms with E-state index < -0.39 is 11.9 Å². The molecule has 3 heteroatoms. The number of carbonyl (C=O) groups is 1. The van der Waals surface area contributed by atoms with Gasteiger partial charge in [0.1, 0.15) is 5.75 Å². The van der Waals surface area contributed by atoms with Gasteiger partial charge in [0.05, 0.1) is 13.0 Å². The molecule has 2 aromatic rings. The van der Waals surface area contributed by atoms with Crippen molar-refractivity contribution in [2.45, 2.75) is 32.1 Å². The van der Waals surface area contributed by atoms with Crippen molar-refractivity contribution in [3.05, 3.63) is 65.2 Å². The summed E-state index contributed by atoms with van der Waals surface area (Å²) in [5.41, 5.74) is 3.05. The molecule has 0 aliphatic heterocycles. The summed E-state index contributed by atoms with van der Waals surface area (Å²) in [7, 11) is 1.58. The van der Waals surface area contributed by atoms with E-state index in [1.807, 2.05) is 48.5 Å². The van der Waals surface area contributed by atoms with E-state index in [1.54, 1.807) is 7.11 Å². The lowest BCUT2D eigenvalue weighted by atomic mass is 9.90. The van der Waals surface area contributed by atoms with Gasteiger partial charge in [0.25, 0.3) is 0 Å². The Bertz CT molecular complexity index is 620. The zero-order valence-electron chi connectivity index (χ0n) is 13.1. The Morgan fingerprint density at radius 3 is 2.45 bits per heavy atom. The number of aliphatic carboxylic acids is 1. The fraction of sp³-hybridized carbons (Fsp3) is 0.316. The van der Waals surface area contributed by atoms with E-state index in [4.69, 9.17) is 4.74 Å². The SMILES string of the molecule is CCc1ccc(OC)c(C(CCc2ccccc2)C(=O)O)c1. The summed E-state index contributed by atoms with van der Waals surface area (Å²) in [5.74, 6) is -0.707. The molecule has 0 fully saturated rings. The van der Waals surface area contributed by atoms with Gasteiger partial charge < -0.3 is 9.84 Å². The summed E-state index contributed by atoms with van der Waals surface area (Å²) >= 11 is 0. The summed E-state index contributed by atoms with van der Waals surface area (Å²) in [4.78, 5) is 11.7. The molecule has 3 nitrogen and oxygen atoms in total. The highest BCUT2D eigenvalue weighted by molar-refractivity contribution is 5.77. The van der Waals surface area contributed by atoms with Gasteiger partial charge in [-0.1, -0.05) is 49.4 Å². The van der Waals surface area contributed by atoms with Crippen LogP contribution in [-0.4, -0.2) is 18.2 Å². The van der Waals surface area contributed by atoms with Gasteiger partial charge in [-0.2, -0.15) is 0 Å². The summed E-state index contributed by atoms with van der Waals surface area (Å²) in [6.07, 6.45) is 2.17. The first-order valence-corrected chi connectivity index (χ1v) is 7.59. The van der Waals surface area contributed by atoms with Crippen LogP contribution in [-0.2, 0) is 17.6 Å². The van der Waals surface area contributed by atoms with Crippen LogP contribution in [0.4, 0.5) is 0 Å². The smallest absolute Gasteiger partial charge is 0.311 e. The molecule has 0 amide bonds. The molecule has 0 aliphatic carbocycles. The normalized spacial score (nSPS) is 11.9. The molecule has 116 valence electrons. The van der Waals surface area contributed by atoms with Crippen LogP contribution < -0.4 is 4.74 Å². The van der Waals surface area contributed by atoms with Crippen molar-refractivity contribution in [3.63, 3.8) is 0 Å². The maximum atomic E-state index is 11.7. The first-order chi connectivity index (χ1) is 10.7. The predicted molar refractivity (Wildman–Crippen MR) is 87.5 cm³/mol. The third-order valence-corrected chi connectivity index (χ3v) is 3.94. The van der Waals surface area contributed by atoms with Gasteiger partial charge in [0.2, 0.25) is 0 Å². The highest BCUT2D eigenvalue weighted by atomic mass is 16.5. The fourth-order valence-corrected chi connectivity index (χ4v) is 2.64. The van der Waals surface area contributed by atoms with Crippen molar-refractivity contribution in [1.82, 2.24) is 0 Å². The number of methoxy groups -OCH3 is 1. The minimum Gasteiger partial charge on any atom is -0.496 e. The van der Waals surface area contributed by atoms with Gasteiger partial charge in [0, 0.05) is 5.56 Å². The van der Waals surface area contributed by atoms with Crippen LogP contribution >= 0.6 is 0 Å². The molecule has 1 unspecified atom stereocenters. The number of carboxylic acid groups (broad SMARTS) is 1. The van der Waals surface area contributed by atoms with E-state index in [0.29, 0.717) is 12.2 Å². The molecule has 1 atom stereocenters. The Hall–Kier alpha value is -2.29. The zero-order chi connectivity index (χ0) is 15.9. The van der Waals surface area contributed by atoms with Crippen molar-refractivity contribution in [1.29, 1.82) is 0 Å². The maximum absolute atomic E-state index is 11.7. The molecular formula is C19H22O3. The van der Waals surface area contributed by atoms with Gasteiger partial charge in [-0.15, -0.1) is 0 Å². The van der Waals surface area contributed by atoms with E-state index in [-0.39, 0.29) is 0 Å². The summed E-state index contributed by atoms with van der Waals surface area (Å²) in [6, 6.07) is 15.8. The van der Waals surface area contributed by atoms with Crippen molar-refractivity contribution >= 4 is 5.97 Å². The molecule has 0 spiro atoms. The lowest BCUT2D eigenvalue weighted by Crippen LogP contribution is -2.14. The van der Waals surface area contributed by atoms with E-state index in [2.05, 4.69) is 6.92 Å². The van der Waals surface area contributed by atoms with Gasteiger partial charge in [0.15, 0.2) is 0 Å². The molecule has 0 saturated carbocycles. The number of hydrogen-bond donors (Lipinski definition) is 1. The van der Waals surface area contributed by atoms with Crippen LogP contribution in [0.15, 0.2) is 48.5 Å². The quantitative estimate of drug-likeness (QED) is 0.838. The van der Waals surface area contributed by atoms with Crippen LogP contribution in [0.25, 0.3) is 0 Å². The number of ether oxygens (including phenoxy) is 1. The molecule has 0 aliphatic rings. The average molecular weight is 298 g/mol. The fourth-order valence-electron chi connectivity index (χ4n) is 2.64. The molecule has 2 rings (SSSR count). The standard InChI is InChI=1S/C19H22O3/c1-3-14-10-12-18(22-2)17(13-14)16(19(20)21)11-9-15-7-5-4-6-8-15/h4-8,10,12-13,16H,3,9,11H2,1-2H3,(H,20,21). The largest absolute Gasteiger partial charge is 0.496 e. The lowest BCUT2D eigenvalue weighted by Gasteiger charge is -2.17. The first kappa shape index (κ1) is 16.1. The monoisotopic (exact) mass is 298 g/mol. The van der Waals surface area contributed by atoms with E-state index >= 15 is 0 Å². The van der Waals surface area contributed by atoms with Gasteiger partial charge in [-0.05, 0) is 36.5 Å². The Labute approximate surface area is 131 Å². The molecule has 22 heavy (non-hydrogen) atoms. The summed E-state index contributed by atoms with van der Waals surface area (Å²) in [5, 5.41) is 9.63. The number of benzene rings is 2. The number of rotatable bonds is 7. The van der Waals surface area contributed by atoms with Crippen molar-refractivity contribution in [2.24, 2.45) is 0 Å². The lowest BCUT2D eigenvalue weighted by molar-refractivity contribution is -0.139. The third kappa shape index (κ3) is 3.88. The minimum atomic E-state index is -0.803. The van der Waals surface area contributed by atoms with E-state index in [0.717, 1.165) is 29.5 Å². The molecule has 0 aromatic heterocycles. The minimum absolute atomic E-state index is 0.554. The topological polar surface area (TPSA) is 46.5 Å². The summed E-state index contributed by atoms with van der Waals surface area (Å²) in [6.45, 7) is 2.06. The van der Waals surface area contributed by atoms with Crippen molar-refractivity contribution in [2.75, 3.05) is 7.11 Å².